The summed E-state index contributed by atoms with van der Waals surface area (Å²) in [6.07, 6.45) is 1.63. The van der Waals surface area contributed by atoms with Crippen molar-refractivity contribution in [3.63, 3.8) is 0 Å². The number of nitrogens with one attached hydrogen (secondary N) is 1. The van der Waals surface area contributed by atoms with E-state index < -0.39 is 0 Å². The lowest BCUT2D eigenvalue weighted by Crippen LogP contribution is -2.28. The molecule has 1 aromatic rings. The van der Waals surface area contributed by atoms with Gasteiger partial charge in [-0.1, -0.05) is 5.92 Å². The fraction of sp³-hybridized carbons (Fsp3) is 0.400. The fourth-order valence-corrected chi connectivity index (χ4v) is 1.58. The Hall–Kier alpha value is -0.760. The Morgan fingerprint density at radius 2 is 2.50 bits per heavy atom. The van der Waals surface area contributed by atoms with Gasteiger partial charge in [0.2, 0.25) is 0 Å². The first-order valence-electron chi connectivity index (χ1n) is 4.35. The molecule has 0 aliphatic rings. The molecule has 0 aliphatic carbocycles. The monoisotopic (exact) mass is 256 g/mol. The lowest BCUT2D eigenvalue weighted by atomic mass is 10.2. The van der Waals surface area contributed by atoms with Crippen LogP contribution in [-0.2, 0) is 0 Å². The third-order valence-corrected chi connectivity index (χ3v) is 2.47. The Labute approximate surface area is 92.2 Å². The zero-order valence-electron chi connectivity index (χ0n) is 8.01. The largest absolute Gasteiger partial charge is 0.466 e. The molecule has 1 atom stereocenters. The van der Waals surface area contributed by atoms with Gasteiger partial charge < -0.3 is 10.2 Å². The molecule has 0 saturated carbocycles. The van der Waals surface area contributed by atoms with Crippen LogP contribution in [0.4, 0.5) is 0 Å². The average molecular weight is 257 g/mol. The predicted octanol–water partition coefficient (Wildman–Crippen LogP) is 1.65. The first kappa shape index (κ1) is 11.3. The molecule has 0 spiro atoms. The van der Waals surface area contributed by atoms with Crippen molar-refractivity contribution >= 4 is 15.9 Å². The van der Waals surface area contributed by atoms with Crippen LogP contribution in [-0.4, -0.2) is 13.1 Å². The number of nitrogens with two attached hydrogens (primary N) is 1. The van der Waals surface area contributed by atoms with E-state index in [1.165, 1.54) is 0 Å². The zero-order valence-corrected chi connectivity index (χ0v) is 9.60. The van der Waals surface area contributed by atoms with Crippen molar-refractivity contribution in [1.29, 1.82) is 0 Å². The second-order valence-corrected chi connectivity index (χ2v) is 3.58. The maximum atomic E-state index is 5.62. The van der Waals surface area contributed by atoms with Crippen LogP contribution in [0.3, 0.4) is 0 Å². The quantitative estimate of drug-likeness (QED) is 0.806. The molecule has 0 bridgehead atoms. The van der Waals surface area contributed by atoms with Crippen molar-refractivity contribution in [3.05, 3.63) is 22.6 Å². The summed E-state index contributed by atoms with van der Waals surface area (Å²) < 4.78 is 6.25. The van der Waals surface area contributed by atoms with Crippen LogP contribution in [0.15, 0.2) is 21.2 Å². The molecule has 0 radical (unpaired) electrons. The summed E-state index contributed by atoms with van der Waals surface area (Å²) in [4.78, 5) is 0. The molecule has 3 N–H and O–H groups in total. The predicted molar refractivity (Wildman–Crippen MR) is 59.7 cm³/mol. The van der Waals surface area contributed by atoms with Gasteiger partial charge in [0, 0.05) is 6.54 Å². The summed E-state index contributed by atoms with van der Waals surface area (Å²) in [5.74, 6) is 6.56. The first-order chi connectivity index (χ1) is 6.79. The molecule has 1 heterocycles. The summed E-state index contributed by atoms with van der Waals surface area (Å²) in [5.41, 5.74) is 5.62. The Morgan fingerprint density at radius 3 is 3.00 bits per heavy atom. The van der Waals surface area contributed by atoms with Crippen molar-refractivity contribution in [2.45, 2.75) is 13.0 Å². The summed E-state index contributed by atoms with van der Waals surface area (Å²) in [6, 6.07) is 1.87. The number of hydrogen-bond donors (Lipinski definition) is 2. The van der Waals surface area contributed by atoms with Crippen LogP contribution >= 0.6 is 15.9 Å². The zero-order chi connectivity index (χ0) is 10.4. The summed E-state index contributed by atoms with van der Waals surface area (Å²) >= 11 is 3.39. The normalized spacial score (nSPS) is 11.9. The maximum absolute atomic E-state index is 5.62. The molecule has 3 nitrogen and oxygen atoms in total. The van der Waals surface area contributed by atoms with E-state index in [-0.39, 0.29) is 6.04 Å². The number of furan rings is 1. The molecule has 1 unspecified atom stereocenters. The van der Waals surface area contributed by atoms with Gasteiger partial charge in [-0.25, -0.2) is 0 Å². The molecular weight excluding hydrogens is 244 g/mol. The summed E-state index contributed by atoms with van der Waals surface area (Å²) in [7, 11) is 0. The SMILES string of the molecule is CC#CCNC(CN)c1occc1Br. The lowest BCUT2D eigenvalue weighted by Gasteiger charge is -2.12. The van der Waals surface area contributed by atoms with Crippen molar-refractivity contribution in [1.82, 2.24) is 5.32 Å². The highest BCUT2D eigenvalue weighted by Gasteiger charge is 2.14. The van der Waals surface area contributed by atoms with E-state index in [0.29, 0.717) is 13.1 Å². The molecule has 14 heavy (non-hydrogen) atoms. The van der Waals surface area contributed by atoms with Gasteiger partial charge in [-0.2, -0.15) is 0 Å². The minimum Gasteiger partial charge on any atom is -0.466 e. The topological polar surface area (TPSA) is 51.2 Å². The molecule has 1 rings (SSSR count). The van der Waals surface area contributed by atoms with E-state index in [2.05, 4.69) is 33.1 Å². The Bertz CT molecular complexity index is 337. The highest BCUT2D eigenvalue weighted by molar-refractivity contribution is 9.10. The number of halogens is 1. The number of hydrogen-bond acceptors (Lipinski definition) is 3. The van der Waals surface area contributed by atoms with Crippen LogP contribution in [0.25, 0.3) is 0 Å². The third kappa shape index (κ3) is 2.88. The lowest BCUT2D eigenvalue weighted by molar-refractivity contribution is 0.426. The minimum atomic E-state index is 0.0141. The van der Waals surface area contributed by atoms with Gasteiger partial charge >= 0.3 is 0 Å². The fourth-order valence-electron chi connectivity index (χ4n) is 1.10. The Balaban J connectivity index is 2.61. The Morgan fingerprint density at radius 1 is 1.71 bits per heavy atom. The van der Waals surface area contributed by atoms with Crippen molar-refractivity contribution in [3.8, 4) is 11.8 Å². The van der Waals surface area contributed by atoms with E-state index in [9.17, 15) is 0 Å². The molecule has 0 aromatic carbocycles. The minimum absolute atomic E-state index is 0.0141. The highest BCUT2D eigenvalue weighted by Crippen LogP contribution is 2.23. The van der Waals surface area contributed by atoms with Crippen LogP contribution in [0, 0.1) is 11.8 Å². The molecule has 76 valence electrons. The molecule has 1 aromatic heterocycles. The summed E-state index contributed by atoms with van der Waals surface area (Å²) in [6.45, 7) is 2.91. The number of rotatable bonds is 4. The van der Waals surface area contributed by atoms with Crippen molar-refractivity contribution in [2.75, 3.05) is 13.1 Å². The average Bonchev–Trinajstić information content (AvgIpc) is 2.60. The molecule has 0 aliphatic heterocycles. The molecular formula is C10H13BrN2O. The van der Waals surface area contributed by atoms with E-state index in [1.807, 2.05) is 13.0 Å². The molecule has 4 heteroatoms. The van der Waals surface area contributed by atoms with Crippen LogP contribution in [0.1, 0.15) is 18.7 Å². The first-order valence-corrected chi connectivity index (χ1v) is 5.14. The second-order valence-electron chi connectivity index (χ2n) is 2.73. The molecule has 0 saturated heterocycles. The van der Waals surface area contributed by atoms with Crippen molar-refractivity contribution < 1.29 is 4.42 Å². The standard InChI is InChI=1S/C10H13BrN2O/c1-2-3-5-13-9(7-12)10-8(11)4-6-14-10/h4,6,9,13H,5,7,12H2,1H3. The summed E-state index contributed by atoms with van der Waals surface area (Å²) in [5, 5.41) is 3.19. The van der Waals surface area contributed by atoms with Gasteiger partial charge in [0.05, 0.1) is 23.3 Å². The van der Waals surface area contributed by atoms with Crippen molar-refractivity contribution in [2.24, 2.45) is 5.73 Å². The van der Waals surface area contributed by atoms with Gasteiger partial charge in [-0.05, 0) is 28.9 Å². The van der Waals surface area contributed by atoms with E-state index >= 15 is 0 Å². The van der Waals surface area contributed by atoms with E-state index in [4.69, 9.17) is 10.2 Å². The van der Waals surface area contributed by atoms with Gasteiger partial charge in [0.1, 0.15) is 5.76 Å². The van der Waals surface area contributed by atoms with Gasteiger partial charge in [0.25, 0.3) is 0 Å². The van der Waals surface area contributed by atoms with E-state index in [1.54, 1.807) is 6.26 Å². The third-order valence-electron chi connectivity index (χ3n) is 1.81. The van der Waals surface area contributed by atoms with Crippen LogP contribution in [0.2, 0.25) is 0 Å². The second kappa shape index (κ2) is 5.86. The van der Waals surface area contributed by atoms with Gasteiger partial charge in [-0.15, -0.1) is 5.92 Å². The van der Waals surface area contributed by atoms with Gasteiger partial charge in [-0.3, -0.25) is 5.32 Å². The van der Waals surface area contributed by atoms with Gasteiger partial charge in [0.15, 0.2) is 0 Å². The van der Waals surface area contributed by atoms with Crippen LogP contribution < -0.4 is 11.1 Å². The smallest absolute Gasteiger partial charge is 0.136 e. The Kier molecular flexibility index (Phi) is 4.74. The van der Waals surface area contributed by atoms with Crippen LogP contribution in [0.5, 0.6) is 0 Å². The highest BCUT2D eigenvalue weighted by atomic mass is 79.9. The maximum Gasteiger partial charge on any atom is 0.136 e. The van der Waals surface area contributed by atoms with E-state index in [0.717, 1.165) is 10.2 Å². The molecule has 0 amide bonds. The molecule has 0 fully saturated rings.